The van der Waals surface area contributed by atoms with E-state index in [0.29, 0.717) is 48.3 Å². The largest absolute Gasteiger partial charge is 0.512 e. The summed E-state index contributed by atoms with van der Waals surface area (Å²) in [7, 11) is 5.55. The van der Waals surface area contributed by atoms with Crippen molar-refractivity contribution < 1.29 is 29.3 Å². The maximum Gasteiger partial charge on any atom is 0.335 e. The second kappa shape index (κ2) is 17.7. The Labute approximate surface area is 280 Å². The summed E-state index contributed by atoms with van der Waals surface area (Å²) in [6, 6.07) is 12.2. The van der Waals surface area contributed by atoms with E-state index in [1.807, 2.05) is 38.1 Å². The zero-order valence-electron chi connectivity index (χ0n) is 28.4. The molecule has 1 aromatic heterocycles. The molecule has 258 valence electrons. The van der Waals surface area contributed by atoms with Crippen LogP contribution in [0.25, 0.3) is 16.6 Å². The van der Waals surface area contributed by atoms with Gasteiger partial charge in [-0.1, -0.05) is 24.3 Å². The molecule has 0 spiro atoms. The molecule has 0 saturated carbocycles. The molecular weight excluding hydrogens is 616 g/mol. The van der Waals surface area contributed by atoms with Gasteiger partial charge < -0.3 is 29.9 Å². The minimum absolute atomic E-state index is 0.0190. The van der Waals surface area contributed by atoms with Crippen molar-refractivity contribution >= 4 is 23.3 Å². The Balaban J connectivity index is 0.000000952. The number of allylic oxidation sites excluding steroid dienone is 4. The molecule has 0 saturated heterocycles. The number of hydrogen-bond donors (Lipinski definition) is 3. The highest BCUT2D eigenvalue weighted by Gasteiger charge is 2.18. The topological polar surface area (TPSA) is 152 Å². The van der Waals surface area contributed by atoms with Crippen molar-refractivity contribution in [2.45, 2.75) is 58.6 Å². The quantitative estimate of drug-likeness (QED) is 0.228. The van der Waals surface area contributed by atoms with Crippen molar-refractivity contribution in [3.63, 3.8) is 0 Å². The summed E-state index contributed by atoms with van der Waals surface area (Å²) in [5.41, 5.74) is 1.35. The summed E-state index contributed by atoms with van der Waals surface area (Å²) in [6.45, 7) is 7.15. The number of carbonyl (C=O) groups excluding carboxylic acids is 2. The van der Waals surface area contributed by atoms with Crippen LogP contribution in [0.2, 0.25) is 0 Å². The molecule has 1 aliphatic rings. The summed E-state index contributed by atoms with van der Waals surface area (Å²) < 4.78 is 12.8. The number of amides is 1. The third-order valence-corrected chi connectivity index (χ3v) is 7.54. The molecule has 1 unspecified atom stereocenters. The van der Waals surface area contributed by atoms with Gasteiger partial charge in [0.1, 0.15) is 23.9 Å². The highest BCUT2D eigenvalue weighted by Crippen LogP contribution is 2.21. The van der Waals surface area contributed by atoms with Gasteiger partial charge in [0.2, 0.25) is 5.91 Å². The Morgan fingerprint density at radius 1 is 1.08 bits per heavy atom. The van der Waals surface area contributed by atoms with Crippen LogP contribution in [-0.2, 0) is 27.8 Å². The van der Waals surface area contributed by atoms with Crippen molar-refractivity contribution in [3.05, 3.63) is 104 Å². The van der Waals surface area contributed by atoms with Crippen LogP contribution in [0.5, 0.6) is 5.75 Å². The smallest absolute Gasteiger partial charge is 0.335 e. The predicted octanol–water partition coefficient (Wildman–Crippen LogP) is 4.24. The van der Waals surface area contributed by atoms with E-state index in [9.17, 15) is 29.4 Å². The number of aromatic nitrogens is 2. The van der Waals surface area contributed by atoms with E-state index >= 15 is 0 Å². The number of hydrogen-bond acceptors (Lipinski definition) is 9. The molecule has 1 amide bonds. The Hall–Kier alpha value is -5.10. The number of aryl methyl sites for hydroxylation is 2. The maximum atomic E-state index is 13.4. The number of benzene rings is 2. The van der Waals surface area contributed by atoms with Gasteiger partial charge in [0.05, 0.1) is 29.1 Å². The number of nitrogens with one attached hydrogen (secondary N) is 1. The van der Waals surface area contributed by atoms with Gasteiger partial charge >= 0.3 is 5.69 Å². The molecule has 4 rings (SSSR count). The van der Waals surface area contributed by atoms with Crippen LogP contribution in [0.15, 0.2) is 87.4 Å². The fraction of sp³-hybridized carbons (Fsp3) is 0.389. The average molecular weight is 663 g/mol. The highest BCUT2D eigenvalue weighted by atomic mass is 16.5. The number of aliphatic hydroxyl groups excluding tert-OH is 2. The lowest BCUT2D eigenvalue weighted by atomic mass is 10.0. The Morgan fingerprint density at radius 2 is 1.79 bits per heavy atom. The second-order valence-electron chi connectivity index (χ2n) is 12.1. The monoisotopic (exact) mass is 662 g/mol. The fourth-order valence-electron chi connectivity index (χ4n) is 4.87. The van der Waals surface area contributed by atoms with E-state index in [0.717, 1.165) is 16.7 Å². The number of likely N-dealkylation sites (N-methyl/N-ethyl adjacent to an activating group) is 1. The number of fused-ring (bicyclic) bond motifs is 1. The minimum atomic E-state index is -0.440. The number of ether oxygens (including phenoxy) is 2. The van der Waals surface area contributed by atoms with Crippen LogP contribution >= 0.6 is 0 Å². The third kappa shape index (κ3) is 10.5. The molecule has 12 nitrogen and oxygen atoms in total. The summed E-state index contributed by atoms with van der Waals surface area (Å²) in [6.07, 6.45) is 6.28. The maximum absolute atomic E-state index is 13.4. The summed E-state index contributed by atoms with van der Waals surface area (Å²) in [4.78, 5) is 50.5. The summed E-state index contributed by atoms with van der Waals surface area (Å²) in [5.74, 6) is 0.142. The lowest BCUT2D eigenvalue weighted by Gasteiger charge is -2.16. The van der Waals surface area contributed by atoms with Crippen molar-refractivity contribution in [1.29, 1.82) is 0 Å². The Bertz CT molecular complexity index is 1780. The number of carbonyl (C=O) groups is 2. The normalized spacial score (nSPS) is 13.5. The molecule has 1 heterocycles. The first-order valence-corrected chi connectivity index (χ1v) is 15.8. The van der Waals surface area contributed by atoms with Crippen LogP contribution in [0.4, 0.5) is 0 Å². The summed E-state index contributed by atoms with van der Waals surface area (Å²) in [5, 5.41) is 23.5. The van der Waals surface area contributed by atoms with Crippen molar-refractivity contribution in [2.24, 2.45) is 7.05 Å². The van der Waals surface area contributed by atoms with Gasteiger partial charge in [0, 0.05) is 31.6 Å². The molecule has 0 radical (unpaired) electrons. The van der Waals surface area contributed by atoms with Gasteiger partial charge in [-0.3, -0.25) is 19.0 Å². The van der Waals surface area contributed by atoms with Crippen molar-refractivity contribution in [1.82, 2.24) is 19.4 Å². The SMILES string of the molecule is CC(C)OC=O.CC(CCc1ccc(-n2c(=O)c3cc(OCCN(C)C)ccc3n(C)c2=O)cc1)NC(=O)CC1=C(O)CC=CC=C1O. The zero-order chi connectivity index (χ0) is 35.4. The molecular formula is C36H46N4O8. The van der Waals surface area contributed by atoms with E-state index < -0.39 is 11.2 Å². The predicted molar refractivity (Wildman–Crippen MR) is 186 cm³/mol. The first-order valence-electron chi connectivity index (χ1n) is 15.8. The molecule has 2 aromatic carbocycles. The second-order valence-corrected chi connectivity index (χ2v) is 12.1. The first-order chi connectivity index (χ1) is 22.8. The van der Waals surface area contributed by atoms with Crippen molar-refractivity contribution in [2.75, 3.05) is 27.2 Å². The zero-order valence-corrected chi connectivity index (χ0v) is 28.4. The van der Waals surface area contributed by atoms with Crippen LogP contribution in [0, 0.1) is 0 Å². The highest BCUT2D eigenvalue weighted by molar-refractivity contribution is 5.80. The number of aliphatic hydroxyl groups is 2. The molecule has 12 heteroatoms. The minimum Gasteiger partial charge on any atom is -0.512 e. The van der Waals surface area contributed by atoms with Gasteiger partial charge in [-0.05, 0) is 89.7 Å². The van der Waals surface area contributed by atoms with E-state index in [1.54, 1.807) is 63.4 Å². The lowest BCUT2D eigenvalue weighted by Crippen LogP contribution is -2.37. The number of rotatable bonds is 13. The molecule has 48 heavy (non-hydrogen) atoms. The standard InChI is InChI=1S/C32H38N4O6.C4H8O2/c1-21(33-30(39)20-26-28(37)7-5-6-8-29(26)38)9-10-22-11-13-23(14-12-22)36-31(40)25-19-24(42-18-17-34(2)3)15-16-27(25)35(4)32(36)41;1-4(2)6-3-5/h5-7,11-16,19,21,37-38H,8-10,17-18,20H2,1-4H3,(H,33,39);3-4H,1-2H3. The Kier molecular flexibility index (Phi) is 13.8. The van der Waals surface area contributed by atoms with E-state index in [2.05, 4.69) is 10.1 Å². The van der Waals surface area contributed by atoms with Crippen LogP contribution in [0.1, 0.15) is 45.6 Å². The van der Waals surface area contributed by atoms with E-state index in [4.69, 9.17) is 4.74 Å². The van der Waals surface area contributed by atoms with E-state index in [-0.39, 0.29) is 48.0 Å². The molecule has 1 atom stereocenters. The van der Waals surface area contributed by atoms with E-state index in [1.165, 1.54) is 10.6 Å². The third-order valence-electron chi connectivity index (χ3n) is 7.54. The molecule has 0 bridgehead atoms. The van der Waals surface area contributed by atoms with Crippen molar-refractivity contribution in [3.8, 4) is 11.4 Å². The molecule has 0 fully saturated rings. The average Bonchev–Trinajstić information content (AvgIpc) is 3.19. The van der Waals surface area contributed by atoms with Gasteiger partial charge in [0.25, 0.3) is 12.0 Å². The van der Waals surface area contributed by atoms with Gasteiger partial charge in [-0.25, -0.2) is 9.36 Å². The summed E-state index contributed by atoms with van der Waals surface area (Å²) >= 11 is 0. The van der Waals surface area contributed by atoms with Crippen LogP contribution < -0.4 is 21.3 Å². The molecule has 1 aliphatic carbocycles. The molecule has 0 aliphatic heterocycles. The van der Waals surface area contributed by atoms with Crippen LogP contribution in [0.3, 0.4) is 0 Å². The van der Waals surface area contributed by atoms with Gasteiger partial charge in [-0.2, -0.15) is 0 Å². The first kappa shape index (κ1) is 37.4. The molecule has 3 aromatic rings. The van der Waals surface area contributed by atoms with Gasteiger partial charge in [0.15, 0.2) is 0 Å². The molecule has 3 N–H and O–H groups in total. The Morgan fingerprint density at radius 3 is 2.42 bits per heavy atom. The van der Waals surface area contributed by atoms with Gasteiger partial charge in [-0.15, -0.1) is 0 Å². The number of nitrogens with zero attached hydrogens (tertiary/aromatic N) is 3. The lowest BCUT2D eigenvalue weighted by molar-refractivity contribution is -0.132. The fourth-order valence-corrected chi connectivity index (χ4v) is 4.87. The van der Waals surface area contributed by atoms with Crippen LogP contribution in [-0.4, -0.2) is 76.0 Å².